The van der Waals surface area contributed by atoms with Crippen molar-refractivity contribution in [2.45, 2.75) is 31.1 Å². The van der Waals surface area contributed by atoms with Crippen LogP contribution in [-0.2, 0) is 5.41 Å². The molecule has 120 valence electrons. The zero-order chi connectivity index (χ0) is 15.7. The van der Waals surface area contributed by atoms with Gasteiger partial charge in [-0.1, -0.05) is 34.1 Å². The summed E-state index contributed by atoms with van der Waals surface area (Å²) in [6, 6.07) is 15.5. The molecule has 2 bridgehead atoms. The van der Waals surface area contributed by atoms with E-state index in [-0.39, 0.29) is 5.41 Å². The lowest BCUT2D eigenvalue weighted by molar-refractivity contribution is -0.235. The summed E-state index contributed by atoms with van der Waals surface area (Å²) in [5.74, 6) is 5.90. The largest absolute Gasteiger partial charge is 0.457 e. The molecule has 6 atom stereocenters. The molecule has 5 aliphatic rings. The maximum absolute atomic E-state index is 6.33. The molecule has 2 spiro atoms. The van der Waals surface area contributed by atoms with Crippen molar-refractivity contribution in [2.75, 3.05) is 0 Å². The third-order valence-electron chi connectivity index (χ3n) is 8.45. The quantitative estimate of drug-likeness (QED) is 0.553. The second-order valence-electron chi connectivity index (χ2n) is 8.80. The Balaban J connectivity index is 1.55. The highest BCUT2D eigenvalue weighted by atomic mass is 79.9. The van der Waals surface area contributed by atoms with Crippen LogP contribution < -0.4 is 4.74 Å². The summed E-state index contributed by atoms with van der Waals surface area (Å²) in [7, 11) is 0. The van der Waals surface area contributed by atoms with E-state index in [0.29, 0.717) is 5.41 Å². The maximum Gasteiger partial charge on any atom is 0.131 e. The highest BCUT2D eigenvalue weighted by Crippen LogP contribution is 2.89. The molecule has 4 aliphatic carbocycles. The van der Waals surface area contributed by atoms with Gasteiger partial charge in [-0.05, 0) is 79.0 Å². The van der Waals surface area contributed by atoms with Crippen molar-refractivity contribution in [1.29, 1.82) is 0 Å². The lowest BCUT2D eigenvalue weighted by Crippen LogP contribution is -2.74. The lowest BCUT2D eigenvalue weighted by atomic mass is 9.26. The van der Waals surface area contributed by atoms with Crippen LogP contribution >= 0.6 is 15.9 Å². The van der Waals surface area contributed by atoms with E-state index in [9.17, 15) is 0 Å². The number of benzene rings is 2. The molecule has 0 N–H and O–H groups in total. The van der Waals surface area contributed by atoms with Gasteiger partial charge in [0.1, 0.15) is 11.5 Å². The molecule has 0 aromatic heterocycles. The predicted molar refractivity (Wildman–Crippen MR) is 96.3 cm³/mol. The number of para-hydroxylation sites is 1. The average Bonchev–Trinajstić information content (AvgIpc) is 3.10. The molecule has 2 aromatic rings. The van der Waals surface area contributed by atoms with Gasteiger partial charge < -0.3 is 4.74 Å². The van der Waals surface area contributed by atoms with E-state index < -0.39 is 0 Å². The number of halogens is 1. The Labute approximate surface area is 150 Å². The minimum atomic E-state index is 0.222. The van der Waals surface area contributed by atoms with E-state index in [1.54, 1.807) is 0 Å². The van der Waals surface area contributed by atoms with Gasteiger partial charge in [-0.2, -0.15) is 0 Å². The summed E-state index contributed by atoms with van der Waals surface area (Å²) in [6.45, 7) is 0. The van der Waals surface area contributed by atoms with Gasteiger partial charge in [-0.15, -0.1) is 0 Å². The summed E-state index contributed by atoms with van der Waals surface area (Å²) < 4.78 is 7.52. The second-order valence-corrected chi connectivity index (χ2v) is 9.72. The van der Waals surface area contributed by atoms with Gasteiger partial charge in [0.05, 0.1) is 0 Å². The summed E-state index contributed by atoms with van der Waals surface area (Å²) in [5.41, 5.74) is 3.85. The monoisotopic (exact) mass is 378 g/mol. The van der Waals surface area contributed by atoms with Crippen molar-refractivity contribution in [3.8, 4) is 11.5 Å². The number of ether oxygens (including phenoxy) is 1. The smallest absolute Gasteiger partial charge is 0.131 e. The first-order chi connectivity index (χ1) is 11.7. The van der Waals surface area contributed by atoms with Crippen LogP contribution in [0.5, 0.6) is 11.5 Å². The molecule has 1 aliphatic heterocycles. The van der Waals surface area contributed by atoms with Crippen molar-refractivity contribution in [1.82, 2.24) is 0 Å². The Morgan fingerprint density at radius 2 is 1.75 bits per heavy atom. The number of hydrogen-bond acceptors (Lipinski definition) is 1. The number of rotatable bonds is 0. The summed E-state index contributed by atoms with van der Waals surface area (Å²) >= 11 is 3.72. The molecule has 2 heteroatoms. The molecule has 1 nitrogen and oxygen atoms in total. The van der Waals surface area contributed by atoms with Crippen LogP contribution in [0, 0.1) is 29.1 Å². The zero-order valence-corrected chi connectivity index (χ0v) is 15.1. The van der Waals surface area contributed by atoms with E-state index in [4.69, 9.17) is 4.74 Å². The third kappa shape index (κ3) is 1.10. The maximum atomic E-state index is 6.33. The first-order valence-electron chi connectivity index (χ1n) is 9.32. The van der Waals surface area contributed by atoms with Gasteiger partial charge in [-0.3, -0.25) is 0 Å². The molecule has 0 amide bonds. The fourth-order valence-electron chi connectivity index (χ4n) is 8.05. The Morgan fingerprint density at radius 1 is 0.917 bits per heavy atom. The molecular formula is C22H19BrO. The molecule has 24 heavy (non-hydrogen) atoms. The molecule has 4 fully saturated rings. The minimum Gasteiger partial charge on any atom is -0.457 e. The Bertz CT molecular complexity index is 920. The highest BCUT2D eigenvalue weighted by molar-refractivity contribution is 9.10. The van der Waals surface area contributed by atoms with Crippen LogP contribution in [-0.4, -0.2) is 0 Å². The molecule has 0 saturated heterocycles. The molecule has 7 rings (SSSR count). The zero-order valence-electron chi connectivity index (χ0n) is 13.5. The first-order valence-corrected chi connectivity index (χ1v) is 10.1. The van der Waals surface area contributed by atoms with Gasteiger partial charge in [0.2, 0.25) is 0 Å². The SMILES string of the molecule is Brc1ccc2c(c1)C1(c3ccccc3O2)C2CC3CC4CC1C42C3. The van der Waals surface area contributed by atoms with Gasteiger partial charge in [0.25, 0.3) is 0 Å². The van der Waals surface area contributed by atoms with Gasteiger partial charge >= 0.3 is 0 Å². The van der Waals surface area contributed by atoms with E-state index in [2.05, 4.69) is 58.4 Å². The Morgan fingerprint density at radius 3 is 2.67 bits per heavy atom. The van der Waals surface area contributed by atoms with Crippen LogP contribution in [0.1, 0.15) is 36.8 Å². The number of hydrogen-bond donors (Lipinski definition) is 0. The Hall–Kier alpha value is -1.28. The van der Waals surface area contributed by atoms with E-state index in [1.165, 1.54) is 41.3 Å². The summed E-state index contributed by atoms with van der Waals surface area (Å²) in [5, 5.41) is 0. The van der Waals surface area contributed by atoms with Crippen LogP contribution in [0.4, 0.5) is 0 Å². The molecular weight excluding hydrogens is 360 g/mol. The second kappa shape index (κ2) is 3.77. The standard InChI is InChI=1S/C22H19BrO/c23-14-5-6-18-16(10-14)22(15-3-1-2-4-17(15)24-18)19-8-12-7-13-9-20(22)21(13,19)11-12/h1-6,10,12-13,19-20H,7-9,11H2. The van der Waals surface area contributed by atoms with E-state index in [1.807, 2.05) is 0 Å². The first kappa shape index (κ1) is 13.0. The normalized spacial score (nSPS) is 44.9. The molecule has 1 heterocycles. The predicted octanol–water partition coefficient (Wildman–Crippen LogP) is 5.91. The fraction of sp³-hybridized carbons (Fsp3) is 0.455. The summed E-state index contributed by atoms with van der Waals surface area (Å²) in [4.78, 5) is 0. The van der Waals surface area contributed by atoms with Crippen LogP contribution in [0.3, 0.4) is 0 Å². The van der Waals surface area contributed by atoms with Crippen molar-refractivity contribution in [2.24, 2.45) is 29.1 Å². The molecule has 6 unspecified atom stereocenters. The third-order valence-corrected chi connectivity index (χ3v) is 8.94. The van der Waals surface area contributed by atoms with Gasteiger partial charge in [0.15, 0.2) is 0 Å². The average molecular weight is 379 g/mol. The van der Waals surface area contributed by atoms with Crippen molar-refractivity contribution < 1.29 is 4.74 Å². The van der Waals surface area contributed by atoms with Crippen LogP contribution in [0.15, 0.2) is 46.9 Å². The van der Waals surface area contributed by atoms with Gasteiger partial charge in [0, 0.05) is 21.0 Å². The van der Waals surface area contributed by atoms with Crippen molar-refractivity contribution in [3.05, 3.63) is 58.1 Å². The topological polar surface area (TPSA) is 9.23 Å². The molecule has 0 radical (unpaired) electrons. The fourth-order valence-corrected chi connectivity index (χ4v) is 8.41. The minimum absolute atomic E-state index is 0.222. The van der Waals surface area contributed by atoms with E-state index >= 15 is 0 Å². The van der Waals surface area contributed by atoms with Crippen molar-refractivity contribution >= 4 is 15.9 Å². The number of fused-ring (bicyclic) bond motifs is 7. The lowest BCUT2D eigenvalue weighted by Gasteiger charge is -2.77. The van der Waals surface area contributed by atoms with Crippen LogP contribution in [0.2, 0.25) is 0 Å². The van der Waals surface area contributed by atoms with Crippen LogP contribution in [0.25, 0.3) is 0 Å². The molecule has 4 saturated carbocycles. The summed E-state index contributed by atoms with van der Waals surface area (Å²) in [6.07, 6.45) is 5.91. The van der Waals surface area contributed by atoms with Crippen molar-refractivity contribution in [3.63, 3.8) is 0 Å². The van der Waals surface area contributed by atoms with Gasteiger partial charge in [-0.25, -0.2) is 0 Å². The highest BCUT2D eigenvalue weighted by Gasteiger charge is 2.84. The molecule has 2 aromatic carbocycles. The van der Waals surface area contributed by atoms with E-state index in [0.717, 1.165) is 35.2 Å². The Kier molecular flexibility index (Phi) is 2.04.